The van der Waals surface area contributed by atoms with Gasteiger partial charge in [0.15, 0.2) is 0 Å². The highest BCUT2D eigenvalue weighted by molar-refractivity contribution is 9.10. The monoisotopic (exact) mass is 374 g/mol. The van der Waals surface area contributed by atoms with Gasteiger partial charge in [0.05, 0.1) is 15.2 Å². The van der Waals surface area contributed by atoms with Crippen LogP contribution in [0.1, 0.15) is 12.5 Å². The highest BCUT2D eigenvalue weighted by Gasteiger charge is 2.09. The predicted octanol–water partition coefficient (Wildman–Crippen LogP) is 5.03. The molecule has 0 bridgehead atoms. The van der Waals surface area contributed by atoms with Crippen LogP contribution < -0.4 is 10.6 Å². The Kier molecular flexibility index (Phi) is 5.07. The number of aryl methyl sites for hydroxylation is 1. The van der Waals surface area contributed by atoms with Gasteiger partial charge in [0.25, 0.3) is 0 Å². The second kappa shape index (κ2) is 6.61. The van der Waals surface area contributed by atoms with Gasteiger partial charge in [-0.25, -0.2) is 4.98 Å². The number of hydrogen-bond donors (Lipinski definition) is 2. The minimum atomic E-state index is 0.549. The van der Waals surface area contributed by atoms with Crippen LogP contribution >= 0.6 is 39.1 Å². The van der Waals surface area contributed by atoms with Gasteiger partial charge < -0.3 is 10.6 Å². The fourth-order valence-electron chi connectivity index (χ4n) is 1.57. The average Bonchev–Trinajstić information content (AvgIpc) is 2.40. The van der Waals surface area contributed by atoms with Crippen LogP contribution in [-0.4, -0.2) is 16.5 Å². The molecule has 0 fully saturated rings. The standard InChI is InChI=1S/C13H13BrCl2N4/c1-3-17-13-18-6-8(14)12(20-13)19-11-5-9(15)7(2)4-10(11)16/h4-6H,3H2,1-2H3,(H2,17,18,19,20). The predicted molar refractivity (Wildman–Crippen MR) is 88.4 cm³/mol. The van der Waals surface area contributed by atoms with E-state index in [1.165, 1.54) is 0 Å². The Morgan fingerprint density at radius 3 is 2.70 bits per heavy atom. The molecule has 1 aromatic heterocycles. The second-order valence-electron chi connectivity index (χ2n) is 4.13. The molecule has 2 aromatic rings. The van der Waals surface area contributed by atoms with Crippen LogP contribution in [0.3, 0.4) is 0 Å². The lowest BCUT2D eigenvalue weighted by molar-refractivity contribution is 1.08. The molecule has 0 saturated carbocycles. The lowest BCUT2D eigenvalue weighted by Gasteiger charge is -2.12. The maximum absolute atomic E-state index is 6.21. The van der Waals surface area contributed by atoms with E-state index in [-0.39, 0.29) is 0 Å². The zero-order valence-electron chi connectivity index (χ0n) is 11.0. The van der Waals surface area contributed by atoms with Gasteiger partial charge in [-0.05, 0) is 47.5 Å². The Balaban J connectivity index is 2.34. The van der Waals surface area contributed by atoms with Crippen LogP contribution in [0, 0.1) is 6.92 Å². The van der Waals surface area contributed by atoms with Crippen molar-refractivity contribution in [2.75, 3.05) is 17.2 Å². The van der Waals surface area contributed by atoms with Crippen molar-refractivity contribution in [3.05, 3.63) is 38.4 Å². The summed E-state index contributed by atoms with van der Waals surface area (Å²) in [5.41, 5.74) is 1.63. The Labute approximate surface area is 136 Å². The third-order valence-corrected chi connectivity index (χ3v) is 3.88. The molecule has 1 aromatic carbocycles. The number of anilines is 3. The zero-order valence-corrected chi connectivity index (χ0v) is 14.1. The lowest BCUT2D eigenvalue weighted by Crippen LogP contribution is -2.04. The number of halogens is 3. The third kappa shape index (κ3) is 3.53. The van der Waals surface area contributed by atoms with E-state index in [0.29, 0.717) is 27.5 Å². The van der Waals surface area contributed by atoms with Crippen molar-refractivity contribution in [1.29, 1.82) is 0 Å². The molecule has 0 atom stereocenters. The Morgan fingerprint density at radius 2 is 2.00 bits per heavy atom. The van der Waals surface area contributed by atoms with Crippen molar-refractivity contribution in [3.8, 4) is 0 Å². The SMILES string of the molecule is CCNc1ncc(Br)c(Nc2cc(Cl)c(C)cc2Cl)n1. The van der Waals surface area contributed by atoms with Crippen LogP contribution in [0.5, 0.6) is 0 Å². The van der Waals surface area contributed by atoms with Crippen LogP contribution in [0.2, 0.25) is 10.0 Å². The summed E-state index contributed by atoms with van der Waals surface area (Å²) >= 11 is 15.7. The van der Waals surface area contributed by atoms with Crippen LogP contribution in [0.4, 0.5) is 17.5 Å². The first-order chi connectivity index (χ1) is 9.51. The van der Waals surface area contributed by atoms with Gasteiger partial charge in [-0.3, -0.25) is 0 Å². The average molecular weight is 376 g/mol. The number of aromatic nitrogens is 2. The molecule has 0 spiro atoms. The van der Waals surface area contributed by atoms with Crippen molar-refractivity contribution in [3.63, 3.8) is 0 Å². The molecule has 0 amide bonds. The Morgan fingerprint density at radius 1 is 1.25 bits per heavy atom. The summed E-state index contributed by atoms with van der Waals surface area (Å²) in [4.78, 5) is 8.52. The smallest absolute Gasteiger partial charge is 0.224 e. The van der Waals surface area contributed by atoms with Gasteiger partial charge in [-0.2, -0.15) is 4.98 Å². The van der Waals surface area contributed by atoms with Gasteiger partial charge in [-0.15, -0.1) is 0 Å². The quantitative estimate of drug-likeness (QED) is 0.786. The summed E-state index contributed by atoms with van der Waals surface area (Å²) in [5.74, 6) is 1.17. The number of benzene rings is 1. The summed E-state index contributed by atoms with van der Waals surface area (Å²) in [5, 5.41) is 7.44. The summed E-state index contributed by atoms with van der Waals surface area (Å²) in [6.45, 7) is 4.63. The zero-order chi connectivity index (χ0) is 14.7. The summed E-state index contributed by atoms with van der Waals surface area (Å²) < 4.78 is 0.743. The molecule has 0 aliphatic carbocycles. The molecule has 0 saturated heterocycles. The van der Waals surface area contributed by atoms with E-state index in [2.05, 4.69) is 36.5 Å². The number of nitrogens with zero attached hydrogens (tertiary/aromatic N) is 2. The molecular weight excluding hydrogens is 363 g/mol. The molecule has 0 radical (unpaired) electrons. The van der Waals surface area contributed by atoms with E-state index >= 15 is 0 Å². The molecule has 4 nitrogen and oxygen atoms in total. The summed E-state index contributed by atoms with van der Waals surface area (Å²) in [7, 11) is 0. The molecule has 0 aliphatic heterocycles. The highest BCUT2D eigenvalue weighted by Crippen LogP contribution is 2.32. The van der Waals surface area contributed by atoms with Crippen molar-refractivity contribution in [1.82, 2.24) is 9.97 Å². The molecule has 7 heteroatoms. The molecule has 20 heavy (non-hydrogen) atoms. The highest BCUT2D eigenvalue weighted by atomic mass is 79.9. The summed E-state index contributed by atoms with van der Waals surface area (Å²) in [6, 6.07) is 3.59. The van der Waals surface area contributed by atoms with Crippen LogP contribution in [0.15, 0.2) is 22.8 Å². The van der Waals surface area contributed by atoms with Crippen LogP contribution in [-0.2, 0) is 0 Å². The maximum Gasteiger partial charge on any atom is 0.224 e. The normalized spacial score (nSPS) is 10.4. The van der Waals surface area contributed by atoms with Crippen LogP contribution in [0.25, 0.3) is 0 Å². The van der Waals surface area contributed by atoms with E-state index in [9.17, 15) is 0 Å². The minimum absolute atomic E-state index is 0.549. The first kappa shape index (κ1) is 15.4. The van der Waals surface area contributed by atoms with E-state index < -0.39 is 0 Å². The topological polar surface area (TPSA) is 49.8 Å². The number of nitrogens with one attached hydrogen (secondary N) is 2. The molecular formula is C13H13BrCl2N4. The minimum Gasteiger partial charge on any atom is -0.354 e. The van der Waals surface area contributed by atoms with Crippen molar-refractivity contribution in [2.45, 2.75) is 13.8 Å². The molecule has 2 N–H and O–H groups in total. The van der Waals surface area contributed by atoms with Gasteiger partial charge >= 0.3 is 0 Å². The van der Waals surface area contributed by atoms with Crippen molar-refractivity contribution >= 4 is 56.6 Å². The van der Waals surface area contributed by atoms with Gasteiger partial charge in [0.1, 0.15) is 5.82 Å². The maximum atomic E-state index is 6.21. The van der Waals surface area contributed by atoms with E-state index in [1.54, 1.807) is 12.3 Å². The Hall–Kier alpha value is -1.04. The largest absolute Gasteiger partial charge is 0.354 e. The van der Waals surface area contributed by atoms with Crippen molar-refractivity contribution in [2.24, 2.45) is 0 Å². The van der Waals surface area contributed by atoms with E-state index in [4.69, 9.17) is 23.2 Å². The molecule has 106 valence electrons. The molecule has 2 rings (SSSR count). The second-order valence-corrected chi connectivity index (χ2v) is 5.80. The molecule has 0 unspecified atom stereocenters. The van der Waals surface area contributed by atoms with E-state index in [1.807, 2.05) is 19.9 Å². The van der Waals surface area contributed by atoms with Gasteiger partial charge in [0.2, 0.25) is 5.95 Å². The molecule has 0 aliphatic rings. The van der Waals surface area contributed by atoms with Crippen molar-refractivity contribution < 1.29 is 0 Å². The fourth-order valence-corrected chi connectivity index (χ4v) is 2.29. The first-order valence-electron chi connectivity index (χ1n) is 6.00. The fraction of sp³-hybridized carbons (Fsp3) is 0.231. The third-order valence-electron chi connectivity index (χ3n) is 2.58. The van der Waals surface area contributed by atoms with Gasteiger partial charge in [0, 0.05) is 17.8 Å². The van der Waals surface area contributed by atoms with Gasteiger partial charge in [-0.1, -0.05) is 23.2 Å². The Bertz CT molecular complexity index is 634. The summed E-state index contributed by atoms with van der Waals surface area (Å²) in [6.07, 6.45) is 1.68. The molecule has 1 heterocycles. The van der Waals surface area contributed by atoms with E-state index in [0.717, 1.165) is 16.6 Å². The first-order valence-corrected chi connectivity index (χ1v) is 7.55. The number of hydrogen-bond acceptors (Lipinski definition) is 4. The lowest BCUT2D eigenvalue weighted by atomic mass is 10.2. The number of rotatable bonds is 4.